The highest BCUT2D eigenvalue weighted by atomic mass is 35.5. The Labute approximate surface area is 200 Å². The number of aromatic nitrogens is 1. The summed E-state index contributed by atoms with van der Waals surface area (Å²) in [6.45, 7) is 0.381. The van der Waals surface area contributed by atoms with Gasteiger partial charge in [0.1, 0.15) is 17.9 Å². The SMILES string of the molecule is COC(=O)c1ccc(COc2ccc(C=Cc3ccc4c(Cl)cc(Cl)c(O)c4n3)cc2)cc1. The molecule has 7 heteroatoms. The first kappa shape index (κ1) is 22.6. The van der Waals surface area contributed by atoms with Crippen molar-refractivity contribution in [2.24, 2.45) is 0 Å². The zero-order valence-electron chi connectivity index (χ0n) is 17.6. The normalized spacial score (nSPS) is 11.1. The summed E-state index contributed by atoms with van der Waals surface area (Å²) in [6, 6.07) is 19.8. The maximum atomic E-state index is 11.5. The topological polar surface area (TPSA) is 68.7 Å². The van der Waals surface area contributed by atoms with Crippen LogP contribution in [0.25, 0.3) is 23.1 Å². The van der Waals surface area contributed by atoms with Gasteiger partial charge in [0.05, 0.1) is 28.4 Å². The Morgan fingerprint density at radius 2 is 1.70 bits per heavy atom. The van der Waals surface area contributed by atoms with Gasteiger partial charge in [0.25, 0.3) is 0 Å². The number of benzene rings is 3. The molecule has 4 rings (SSSR count). The van der Waals surface area contributed by atoms with Gasteiger partial charge in [0.2, 0.25) is 0 Å². The molecule has 1 aromatic heterocycles. The minimum Gasteiger partial charge on any atom is -0.504 e. The molecule has 0 aliphatic rings. The fourth-order valence-electron chi connectivity index (χ4n) is 3.19. The van der Waals surface area contributed by atoms with E-state index in [1.165, 1.54) is 13.2 Å². The smallest absolute Gasteiger partial charge is 0.337 e. The first-order valence-electron chi connectivity index (χ1n) is 10.0. The Bertz CT molecular complexity index is 1330. The summed E-state index contributed by atoms with van der Waals surface area (Å²) in [4.78, 5) is 15.9. The van der Waals surface area contributed by atoms with Crippen LogP contribution >= 0.6 is 23.2 Å². The quantitative estimate of drug-likeness (QED) is 0.308. The van der Waals surface area contributed by atoms with Crippen LogP contribution in [0.3, 0.4) is 0 Å². The monoisotopic (exact) mass is 479 g/mol. The highest BCUT2D eigenvalue weighted by Gasteiger charge is 2.10. The van der Waals surface area contributed by atoms with Gasteiger partial charge in [-0.2, -0.15) is 0 Å². The number of carbonyl (C=O) groups is 1. The van der Waals surface area contributed by atoms with Gasteiger partial charge in [-0.3, -0.25) is 0 Å². The standard InChI is InChI=1S/C26H19Cl2NO4/c1-32-26(31)18-7-2-17(3-8-18)15-33-20-11-5-16(6-12-20)4-9-19-10-13-21-22(27)14-23(28)25(30)24(21)29-19/h2-14,30H,15H2,1H3. The van der Waals surface area contributed by atoms with E-state index in [0.29, 0.717) is 33.8 Å². The minimum absolute atomic E-state index is 0.0900. The summed E-state index contributed by atoms with van der Waals surface area (Å²) >= 11 is 12.2. The second-order valence-corrected chi connectivity index (χ2v) is 8.02. The van der Waals surface area contributed by atoms with Crippen LogP contribution < -0.4 is 4.74 Å². The molecule has 33 heavy (non-hydrogen) atoms. The lowest BCUT2D eigenvalue weighted by Gasteiger charge is -2.07. The summed E-state index contributed by atoms with van der Waals surface area (Å²) < 4.78 is 10.5. The van der Waals surface area contributed by atoms with E-state index in [1.54, 1.807) is 18.2 Å². The minimum atomic E-state index is -0.366. The number of nitrogens with zero attached hydrogens (tertiary/aromatic N) is 1. The highest BCUT2D eigenvalue weighted by molar-refractivity contribution is 6.39. The Kier molecular flexibility index (Phi) is 6.82. The summed E-state index contributed by atoms with van der Waals surface area (Å²) in [6.07, 6.45) is 3.75. The van der Waals surface area contributed by atoms with Crippen LogP contribution in [0.4, 0.5) is 0 Å². The van der Waals surface area contributed by atoms with Crippen molar-refractivity contribution in [3.05, 3.63) is 99.2 Å². The molecular weight excluding hydrogens is 461 g/mol. The highest BCUT2D eigenvalue weighted by Crippen LogP contribution is 2.36. The predicted molar refractivity (Wildman–Crippen MR) is 131 cm³/mol. The summed E-state index contributed by atoms with van der Waals surface area (Å²) in [7, 11) is 1.35. The molecule has 0 saturated carbocycles. The van der Waals surface area contributed by atoms with E-state index in [-0.39, 0.29) is 16.7 Å². The Morgan fingerprint density at radius 1 is 0.970 bits per heavy atom. The molecule has 1 heterocycles. The second-order valence-electron chi connectivity index (χ2n) is 7.20. The third kappa shape index (κ3) is 5.28. The summed E-state index contributed by atoms with van der Waals surface area (Å²) in [5.41, 5.74) is 3.42. The first-order valence-corrected chi connectivity index (χ1v) is 10.8. The molecular formula is C26H19Cl2NO4. The molecule has 1 N–H and O–H groups in total. The Morgan fingerprint density at radius 3 is 2.39 bits per heavy atom. The second kappa shape index (κ2) is 9.94. The molecule has 5 nitrogen and oxygen atoms in total. The maximum Gasteiger partial charge on any atom is 0.337 e. The van der Waals surface area contributed by atoms with E-state index in [9.17, 15) is 9.90 Å². The van der Waals surface area contributed by atoms with Gasteiger partial charge in [-0.1, -0.05) is 53.5 Å². The van der Waals surface area contributed by atoms with Crippen molar-refractivity contribution in [1.29, 1.82) is 0 Å². The number of phenols is 1. The lowest BCUT2D eigenvalue weighted by atomic mass is 10.1. The molecule has 0 radical (unpaired) electrons. The van der Waals surface area contributed by atoms with Crippen LogP contribution in [-0.2, 0) is 11.3 Å². The van der Waals surface area contributed by atoms with E-state index in [4.69, 9.17) is 32.7 Å². The van der Waals surface area contributed by atoms with E-state index in [2.05, 4.69) is 4.98 Å². The van der Waals surface area contributed by atoms with E-state index < -0.39 is 0 Å². The molecule has 166 valence electrons. The molecule has 0 aliphatic carbocycles. The molecule has 0 bridgehead atoms. The Hall–Kier alpha value is -3.54. The van der Waals surface area contributed by atoms with E-state index >= 15 is 0 Å². The average Bonchev–Trinajstić information content (AvgIpc) is 2.85. The molecule has 4 aromatic rings. The first-order chi connectivity index (χ1) is 15.9. The van der Waals surface area contributed by atoms with Crippen molar-refractivity contribution >= 4 is 52.2 Å². The van der Waals surface area contributed by atoms with Gasteiger partial charge in [-0.15, -0.1) is 0 Å². The molecule has 0 aliphatic heterocycles. The molecule has 3 aromatic carbocycles. The van der Waals surface area contributed by atoms with Gasteiger partial charge in [-0.05, 0) is 59.7 Å². The fourth-order valence-corrected chi connectivity index (χ4v) is 3.71. The van der Waals surface area contributed by atoms with Gasteiger partial charge in [0, 0.05) is 5.39 Å². The number of pyridine rings is 1. The fraction of sp³-hybridized carbons (Fsp3) is 0.0769. The number of aromatic hydroxyl groups is 1. The van der Waals surface area contributed by atoms with Gasteiger partial charge < -0.3 is 14.6 Å². The largest absolute Gasteiger partial charge is 0.504 e. The zero-order chi connectivity index (χ0) is 23.4. The number of halogens is 2. The zero-order valence-corrected chi connectivity index (χ0v) is 19.1. The van der Waals surface area contributed by atoms with Crippen molar-refractivity contribution in [3.8, 4) is 11.5 Å². The number of phenolic OH excluding ortho intramolecular Hbond substituents is 1. The molecule has 0 spiro atoms. The summed E-state index contributed by atoms with van der Waals surface area (Å²) in [5.74, 6) is 0.268. The van der Waals surface area contributed by atoms with Crippen LogP contribution in [0.2, 0.25) is 10.0 Å². The predicted octanol–water partition coefficient (Wildman–Crippen LogP) is 6.78. The van der Waals surface area contributed by atoms with Crippen LogP contribution in [0.15, 0.2) is 66.7 Å². The number of rotatable bonds is 6. The Balaban J connectivity index is 1.41. The van der Waals surface area contributed by atoms with Crippen LogP contribution in [-0.4, -0.2) is 23.2 Å². The number of carbonyl (C=O) groups excluding carboxylic acids is 1. The number of ether oxygens (including phenoxy) is 2. The van der Waals surface area contributed by atoms with Gasteiger partial charge in [0.15, 0.2) is 5.75 Å². The third-order valence-corrected chi connectivity index (χ3v) is 5.59. The average molecular weight is 480 g/mol. The van der Waals surface area contributed by atoms with E-state index in [0.717, 1.165) is 16.9 Å². The number of hydrogen-bond acceptors (Lipinski definition) is 5. The molecule has 0 atom stereocenters. The lowest BCUT2D eigenvalue weighted by molar-refractivity contribution is 0.0600. The van der Waals surface area contributed by atoms with E-state index in [1.807, 2.05) is 54.6 Å². The van der Waals surface area contributed by atoms with Gasteiger partial charge >= 0.3 is 5.97 Å². The maximum absolute atomic E-state index is 11.5. The number of methoxy groups -OCH3 is 1. The summed E-state index contributed by atoms with van der Waals surface area (Å²) in [5, 5.41) is 11.4. The van der Waals surface area contributed by atoms with Crippen LogP contribution in [0.5, 0.6) is 11.5 Å². The van der Waals surface area contributed by atoms with Crippen molar-refractivity contribution in [3.63, 3.8) is 0 Å². The molecule has 0 amide bonds. The van der Waals surface area contributed by atoms with Crippen molar-refractivity contribution in [2.75, 3.05) is 7.11 Å². The molecule has 0 unspecified atom stereocenters. The van der Waals surface area contributed by atoms with Crippen LogP contribution in [0.1, 0.15) is 27.2 Å². The molecule has 0 fully saturated rings. The van der Waals surface area contributed by atoms with Crippen molar-refractivity contribution in [1.82, 2.24) is 4.98 Å². The van der Waals surface area contributed by atoms with Crippen LogP contribution in [0, 0.1) is 0 Å². The number of fused-ring (bicyclic) bond motifs is 1. The molecule has 0 saturated heterocycles. The third-order valence-electron chi connectivity index (χ3n) is 4.99. The number of esters is 1. The number of hydrogen-bond donors (Lipinski definition) is 1. The van der Waals surface area contributed by atoms with Gasteiger partial charge in [-0.25, -0.2) is 9.78 Å². The lowest BCUT2D eigenvalue weighted by Crippen LogP contribution is -2.01. The van der Waals surface area contributed by atoms with Crippen molar-refractivity contribution < 1.29 is 19.4 Å². The van der Waals surface area contributed by atoms with Crippen molar-refractivity contribution in [2.45, 2.75) is 6.61 Å².